The van der Waals surface area contributed by atoms with Gasteiger partial charge in [0.05, 0.1) is 9.86 Å². The first-order valence-corrected chi connectivity index (χ1v) is 7.05. The Hall–Kier alpha value is -2.41. The van der Waals surface area contributed by atoms with Crippen LogP contribution in [0.4, 0.5) is 17.2 Å². The molecule has 0 saturated carbocycles. The predicted molar refractivity (Wildman–Crippen MR) is 88.3 cm³/mol. The molecule has 3 aromatic rings. The lowest BCUT2D eigenvalue weighted by molar-refractivity contribution is 1.18. The van der Waals surface area contributed by atoms with Gasteiger partial charge in [-0.15, -0.1) is 0 Å². The molecular formula is C14H13BrN6. The van der Waals surface area contributed by atoms with Crippen LogP contribution in [0.3, 0.4) is 0 Å². The van der Waals surface area contributed by atoms with Gasteiger partial charge in [-0.2, -0.15) is 0 Å². The van der Waals surface area contributed by atoms with E-state index in [1.807, 2.05) is 19.1 Å². The van der Waals surface area contributed by atoms with E-state index in [1.54, 1.807) is 6.07 Å². The number of aromatic nitrogens is 3. The zero-order chi connectivity index (χ0) is 15.0. The number of fused-ring (bicyclic) bond motifs is 1. The van der Waals surface area contributed by atoms with Gasteiger partial charge in [-0.25, -0.2) is 9.97 Å². The number of H-pyrrole nitrogens is 1. The number of hydrogen-bond donors (Lipinski definition) is 4. The fourth-order valence-corrected chi connectivity index (χ4v) is 2.59. The second-order valence-electron chi connectivity index (χ2n) is 4.62. The highest BCUT2D eigenvalue weighted by Gasteiger charge is 2.12. The third kappa shape index (κ3) is 2.36. The van der Waals surface area contributed by atoms with Crippen LogP contribution >= 0.6 is 15.9 Å². The zero-order valence-corrected chi connectivity index (χ0v) is 12.8. The van der Waals surface area contributed by atoms with Gasteiger partial charge in [-0.05, 0) is 41.1 Å². The van der Waals surface area contributed by atoms with Gasteiger partial charge in [0.1, 0.15) is 17.8 Å². The molecule has 0 aliphatic heterocycles. The van der Waals surface area contributed by atoms with Gasteiger partial charge in [-0.3, -0.25) is 0 Å². The highest BCUT2D eigenvalue weighted by atomic mass is 79.9. The molecule has 2 heterocycles. The summed E-state index contributed by atoms with van der Waals surface area (Å²) < 4.78 is 0.934. The average molecular weight is 345 g/mol. The molecule has 0 atom stereocenters. The average Bonchev–Trinajstić information content (AvgIpc) is 2.77. The lowest BCUT2D eigenvalue weighted by atomic mass is 10.1. The molecule has 0 amide bonds. The Morgan fingerprint density at radius 1 is 1.38 bits per heavy atom. The number of aromatic amines is 1. The van der Waals surface area contributed by atoms with Crippen molar-refractivity contribution in [1.82, 2.24) is 15.0 Å². The summed E-state index contributed by atoms with van der Waals surface area (Å²) in [5, 5.41) is 11.5. The lowest BCUT2D eigenvalue weighted by Crippen LogP contribution is -1.98. The van der Waals surface area contributed by atoms with E-state index in [2.05, 4.69) is 36.2 Å². The Morgan fingerprint density at radius 2 is 2.19 bits per heavy atom. The molecule has 0 saturated heterocycles. The van der Waals surface area contributed by atoms with E-state index in [4.69, 9.17) is 11.1 Å². The van der Waals surface area contributed by atoms with E-state index >= 15 is 0 Å². The first kappa shape index (κ1) is 13.6. The number of anilines is 3. The summed E-state index contributed by atoms with van der Waals surface area (Å²) in [6.45, 7) is 1.96. The molecular weight excluding hydrogens is 332 g/mol. The highest BCUT2D eigenvalue weighted by molar-refractivity contribution is 9.10. The van der Waals surface area contributed by atoms with E-state index in [1.165, 1.54) is 12.5 Å². The number of rotatable bonds is 3. The van der Waals surface area contributed by atoms with Crippen molar-refractivity contribution in [2.75, 3.05) is 11.1 Å². The van der Waals surface area contributed by atoms with Gasteiger partial charge >= 0.3 is 0 Å². The number of halogens is 1. The molecule has 0 aliphatic carbocycles. The Kier molecular flexibility index (Phi) is 3.34. The van der Waals surface area contributed by atoms with Gasteiger partial charge < -0.3 is 21.4 Å². The summed E-state index contributed by atoms with van der Waals surface area (Å²) in [6.07, 6.45) is 2.73. The van der Waals surface area contributed by atoms with Crippen molar-refractivity contribution >= 4 is 50.4 Å². The normalized spacial score (nSPS) is 10.8. The molecule has 2 aromatic heterocycles. The largest absolute Gasteiger partial charge is 0.398 e. The first-order valence-electron chi connectivity index (χ1n) is 6.26. The molecule has 21 heavy (non-hydrogen) atoms. The molecule has 0 spiro atoms. The highest BCUT2D eigenvalue weighted by Crippen LogP contribution is 2.32. The monoisotopic (exact) mass is 344 g/mol. The number of hydrogen-bond acceptors (Lipinski definition) is 5. The summed E-state index contributed by atoms with van der Waals surface area (Å²) in [5.74, 6) is 0.692. The van der Waals surface area contributed by atoms with E-state index in [-0.39, 0.29) is 0 Å². The Morgan fingerprint density at radius 3 is 2.95 bits per heavy atom. The predicted octanol–water partition coefficient (Wildman–Crippen LogP) is 3.35. The van der Waals surface area contributed by atoms with Crippen LogP contribution in [-0.2, 0) is 0 Å². The standard InChI is InChI=1S/C14H13BrN6/c1-7-12(15)11-13(20-7)18-6-19-14(11)21-9-2-3-10(17)8(4-9)5-16/h2-6,16H,17H2,1H3,(H2,18,19,20,21). The smallest absolute Gasteiger partial charge is 0.144 e. The third-order valence-electron chi connectivity index (χ3n) is 3.21. The second kappa shape index (κ2) is 5.17. The SMILES string of the molecule is Cc1[nH]c2ncnc(Nc3ccc(N)c(C=N)c3)c2c1Br. The third-order valence-corrected chi connectivity index (χ3v) is 4.20. The minimum absolute atomic E-state index is 0.571. The molecule has 0 fully saturated rings. The van der Waals surface area contributed by atoms with Crippen LogP contribution in [0.15, 0.2) is 29.0 Å². The van der Waals surface area contributed by atoms with Gasteiger partial charge in [0.25, 0.3) is 0 Å². The lowest BCUT2D eigenvalue weighted by Gasteiger charge is -2.09. The van der Waals surface area contributed by atoms with E-state index < -0.39 is 0 Å². The molecule has 0 radical (unpaired) electrons. The van der Waals surface area contributed by atoms with Crippen LogP contribution in [-0.4, -0.2) is 21.2 Å². The van der Waals surface area contributed by atoms with Gasteiger partial charge in [0.15, 0.2) is 0 Å². The van der Waals surface area contributed by atoms with Gasteiger partial charge in [0.2, 0.25) is 0 Å². The molecule has 0 unspecified atom stereocenters. The van der Waals surface area contributed by atoms with E-state index in [0.29, 0.717) is 17.1 Å². The van der Waals surface area contributed by atoms with Crippen LogP contribution in [0, 0.1) is 12.3 Å². The number of nitrogens with zero attached hydrogens (tertiary/aromatic N) is 2. The number of nitrogen functional groups attached to an aromatic ring is 1. The van der Waals surface area contributed by atoms with Gasteiger partial charge in [-0.1, -0.05) is 0 Å². The first-order chi connectivity index (χ1) is 10.1. The van der Waals surface area contributed by atoms with Crippen LogP contribution in [0.1, 0.15) is 11.3 Å². The second-order valence-corrected chi connectivity index (χ2v) is 5.42. The molecule has 6 nitrogen and oxygen atoms in total. The molecule has 7 heteroatoms. The van der Waals surface area contributed by atoms with Crippen LogP contribution in [0.2, 0.25) is 0 Å². The van der Waals surface area contributed by atoms with Crippen molar-refractivity contribution in [3.63, 3.8) is 0 Å². The van der Waals surface area contributed by atoms with Crippen molar-refractivity contribution in [1.29, 1.82) is 5.41 Å². The zero-order valence-electron chi connectivity index (χ0n) is 11.2. The van der Waals surface area contributed by atoms with Crippen molar-refractivity contribution in [3.8, 4) is 0 Å². The molecule has 0 bridgehead atoms. The van der Waals surface area contributed by atoms with Crippen LogP contribution in [0.5, 0.6) is 0 Å². The van der Waals surface area contributed by atoms with Gasteiger partial charge in [0, 0.05) is 28.8 Å². The van der Waals surface area contributed by atoms with Crippen LogP contribution in [0.25, 0.3) is 11.0 Å². The Balaban J connectivity index is 2.08. The van der Waals surface area contributed by atoms with Crippen molar-refractivity contribution in [2.24, 2.45) is 0 Å². The van der Waals surface area contributed by atoms with Crippen molar-refractivity contribution < 1.29 is 0 Å². The van der Waals surface area contributed by atoms with Crippen molar-refractivity contribution in [3.05, 3.63) is 40.3 Å². The van der Waals surface area contributed by atoms with Crippen LogP contribution < -0.4 is 11.1 Å². The Labute approximate surface area is 129 Å². The summed E-state index contributed by atoms with van der Waals surface area (Å²) >= 11 is 3.55. The fourth-order valence-electron chi connectivity index (χ4n) is 2.12. The molecule has 106 valence electrons. The summed E-state index contributed by atoms with van der Waals surface area (Å²) in [5.41, 5.74) is 9.60. The minimum Gasteiger partial charge on any atom is -0.398 e. The molecule has 0 aliphatic rings. The van der Waals surface area contributed by atoms with E-state index in [9.17, 15) is 0 Å². The summed E-state index contributed by atoms with van der Waals surface area (Å²) in [4.78, 5) is 11.7. The topological polar surface area (TPSA) is 103 Å². The Bertz CT molecular complexity index is 839. The minimum atomic E-state index is 0.571. The fraction of sp³-hybridized carbons (Fsp3) is 0.0714. The molecule has 3 rings (SSSR count). The summed E-state index contributed by atoms with van der Waals surface area (Å²) in [6, 6.07) is 5.42. The quantitative estimate of drug-likeness (QED) is 0.432. The summed E-state index contributed by atoms with van der Waals surface area (Å²) in [7, 11) is 0. The maximum Gasteiger partial charge on any atom is 0.144 e. The molecule has 1 aromatic carbocycles. The van der Waals surface area contributed by atoms with Crippen molar-refractivity contribution in [2.45, 2.75) is 6.92 Å². The number of benzene rings is 1. The number of aryl methyl sites for hydroxylation is 1. The number of nitrogens with one attached hydrogen (secondary N) is 3. The maximum atomic E-state index is 7.36. The molecule has 5 N–H and O–H groups in total. The maximum absolute atomic E-state index is 7.36. The number of nitrogens with two attached hydrogens (primary N) is 1. The van der Waals surface area contributed by atoms with E-state index in [0.717, 1.165) is 26.9 Å².